The number of unbranched alkanes of at least 4 members (excludes halogenated alkanes) is 2. The lowest BCUT2D eigenvalue weighted by atomic mass is 10.1. The molecule has 0 aliphatic carbocycles. The fraction of sp³-hybridized carbons (Fsp3) is 0.474. The molecule has 0 atom stereocenters. The Bertz CT molecular complexity index is 654. The number of carbonyl (C=O) groups excluding carboxylic acids is 1. The Morgan fingerprint density at radius 2 is 1.96 bits per heavy atom. The van der Waals surface area contributed by atoms with Crippen LogP contribution in [0.15, 0.2) is 30.3 Å². The zero-order chi connectivity index (χ0) is 18.1. The van der Waals surface area contributed by atoms with Gasteiger partial charge in [-0.15, -0.1) is 0 Å². The normalized spacial score (nSPS) is 10.8. The predicted molar refractivity (Wildman–Crippen MR) is 97.5 cm³/mol. The van der Waals surface area contributed by atoms with Gasteiger partial charge < -0.3 is 10.6 Å². The molecule has 2 rings (SSSR count). The van der Waals surface area contributed by atoms with Crippen LogP contribution in [0.1, 0.15) is 37.8 Å². The van der Waals surface area contributed by atoms with Crippen LogP contribution in [0.5, 0.6) is 0 Å². The van der Waals surface area contributed by atoms with Crippen LogP contribution < -0.4 is 5.73 Å². The van der Waals surface area contributed by atoms with Crippen LogP contribution in [0.3, 0.4) is 0 Å². The minimum absolute atomic E-state index is 0.169. The molecule has 2 aromatic rings. The van der Waals surface area contributed by atoms with E-state index < -0.39 is 0 Å². The van der Waals surface area contributed by atoms with Crippen LogP contribution in [-0.4, -0.2) is 41.1 Å². The number of aromatic amines is 1. The number of H-pyrrole nitrogens is 1. The van der Waals surface area contributed by atoms with Gasteiger partial charge in [-0.05, 0) is 62.6 Å². The van der Waals surface area contributed by atoms with Crippen molar-refractivity contribution < 1.29 is 9.18 Å². The summed E-state index contributed by atoms with van der Waals surface area (Å²) in [6.45, 7) is 1.34. The fourth-order valence-electron chi connectivity index (χ4n) is 2.67. The number of hydrogen-bond acceptors (Lipinski definition) is 3. The van der Waals surface area contributed by atoms with E-state index >= 15 is 0 Å². The van der Waals surface area contributed by atoms with E-state index in [9.17, 15) is 9.18 Å². The summed E-state index contributed by atoms with van der Waals surface area (Å²) in [5, 5.41) is 7.32. The van der Waals surface area contributed by atoms with Gasteiger partial charge in [0.05, 0.1) is 5.69 Å². The first-order valence-corrected chi connectivity index (χ1v) is 8.84. The molecule has 0 radical (unpaired) electrons. The number of aromatic nitrogens is 2. The minimum Gasteiger partial charge on any atom is -0.346 e. The maximum atomic E-state index is 13.0. The van der Waals surface area contributed by atoms with Gasteiger partial charge in [-0.2, -0.15) is 5.10 Å². The van der Waals surface area contributed by atoms with Crippen LogP contribution in [0.2, 0.25) is 0 Å². The number of amides is 1. The molecule has 0 unspecified atom stereocenters. The van der Waals surface area contributed by atoms with E-state index in [1.165, 1.54) is 12.1 Å². The van der Waals surface area contributed by atoms with E-state index in [0.717, 1.165) is 55.6 Å². The number of nitrogens with two attached hydrogens (primary N) is 1. The summed E-state index contributed by atoms with van der Waals surface area (Å²) in [6, 6.07) is 8.35. The monoisotopic (exact) mass is 346 g/mol. The lowest BCUT2D eigenvalue weighted by molar-refractivity contribution is -0.130. The molecule has 0 saturated carbocycles. The molecule has 1 heterocycles. The molecule has 6 heteroatoms. The second-order valence-electron chi connectivity index (χ2n) is 6.30. The molecule has 0 spiro atoms. The zero-order valence-electron chi connectivity index (χ0n) is 14.8. The maximum Gasteiger partial charge on any atom is 0.222 e. The molecule has 0 saturated heterocycles. The molecule has 136 valence electrons. The molecule has 1 amide bonds. The van der Waals surface area contributed by atoms with Gasteiger partial charge in [0.15, 0.2) is 0 Å². The molecule has 1 aromatic carbocycles. The molecular weight excluding hydrogens is 319 g/mol. The highest BCUT2D eigenvalue weighted by molar-refractivity contribution is 5.75. The first-order valence-electron chi connectivity index (χ1n) is 8.84. The standard InChI is InChI=1S/C19H27FN4O/c1-24(19(25)7-5-12-21)13-4-2-3-6-17-14-18(23-22-17)15-8-10-16(20)11-9-15/h8-11,14H,2-7,12-13,21H2,1H3,(H,22,23). The number of carbonyl (C=O) groups is 1. The Kier molecular flexibility index (Phi) is 7.60. The third-order valence-electron chi connectivity index (χ3n) is 4.23. The summed E-state index contributed by atoms with van der Waals surface area (Å²) < 4.78 is 13.0. The lowest BCUT2D eigenvalue weighted by Crippen LogP contribution is -2.28. The van der Waals surface area contributed by atoms with Crippen LogP contribution in [0.25, 0.3) is 11.3 Å². The van der Waals surface area contributed by atoms with Gasteiger partial charge in [-0.25, -0.2) is 4.39 Å². The topological polar surface area (TPSA) is 75.0 Å². The molecular formula is C19H27FN4O. The van der Waals surface area contributed by atoms with Crippen molar-refractivity contribution in [3.63, 3.8) is 0 Å². The van der Waals surface area contributed by atoms with E-state index in [1.54, 1.807) is 17.0 Å². The van der Waals surface area contributed by atoms with Gasteiger partial charge in [0.1, 0.15) is 5.82 Å². The van der Waals surface area contributed by atoms with Gasteiger partial charge in [-0.3, -0.25) is 9.89 Å². The minimum atomic E-state index is -0.244. The van der Waals surface area contributed by atoms with Gasteiger partial charge in [0.2, 0.25) is 5.91 Å². The van der Waals surface area contributed by atoms with Crippen molar-refractivity contribution in [3.8, 4) is 11.3 Å². The zero-order valence-corrected chi connectivity index (χ0v) is 14.8. The quantitative estimate of drug-likeness (QED) is 0.649. The van der Waals surface area contributed by atoms with Gasteiger partial charge in [0, 0.05) is 31.3 Å². The van der Waals surface area contributed by atoms with E-state index in [0.29, 0.717) is 13.0 Å². The SMILES string of the molecule is CN(CCCCCc1cc(-c2ccc(F)cc2)n[nH]1)C(=O)CCCN. The number of rotatable bonds is 10. The van der Waals surface area contributed by atoms with Crippen molar-refractivity contribution in [1.29, 1.82) is 0 Å². The number of benzene rings is 1. The fourth-order valence-corrected chi connectivity index (χ4v) is 2.67. The largest absolute Gasteiger partial charge is 0.346 e. The molecule has 5 nitrogen and oxygen atoms in total. The van der Waals surface area contributed by atoms with E-state index in [2.05, 4.69) is 10.2 Å². The Morgan fingerprint density at radius 3 is 2.68 bits per heavy atom. The molecule has 3 N–H and O–H groups in total. The second-order valence-corrected chi connectivity index (χ2v) is 6.30. The van der Waals surface area contributed by atoms with E-state index in [-0.39, 0.29) is 11.7 Å². The van der Waals surface area contributed by atoms with Crippen molar-refractivity contribution in [2.75, 3.05) is 20.1 Å². The van der Waals surface area contributed by atoms with E-state index in [1.807, 2.05) is 13.1 Å². The summed E-state index contributed by atoms with van der Waals surface area (Å²) in [5.74, 6) is -0.0751. The summed E-state index contributed by atoms with van der Waals surface area (Å²) in [4.78, 5) is 13.6. The average molecular weight is 346 g/mol. The molecule has 0 bridgehead atoms. The van der Waals surface area contributed by atoms with Crippen molar-refractivity contribution >= 4 is 5.91 Å². The van der Waals surface area contributed by atoms with Crippen LogP contribution in [0, 0.1) is 5.82 Å². The van der Waals surface area contributed by atoms with Crippen molar-refractivity contribution in [2.24, 2.45) is 5.73 Å². The molecule has 0 aliphatic rings. The summed E-state index contributed by atoms with van der Waals surface area (Å²) in [5.41, 5.74) is 8.24. The Morgan fingerprint density at radius 1 is 1.20 bits per heavy atom. The highest BCUT2D eigenvalue weighted by Crippen LogP contribution is 2.18. The Balaban J connectivity index is 1.67. The summed E-state index contributed by atoms with van der Waals surface area (Å²) >= 11 is 0. The van der Waals surface area contributed by atoms with Crippen LogP contribution in [0.4, 0.5) is 4.39 Å². The second kappa shape index (κ2) is 9.93. The molecule has 1 aromatic heterocycles. The average Bonchev–Trinajstić information content (AvgIpc) is 3.08. The van der Waals surface area contributed by atoms with Crippen molar-refractivity contribution in [1.82, 2.24) is 15.1 Å². The molecule has 25 heavy (non-hydrogen) atoms. The van der Waals surface area contributed by atoms with Crippen LogP contribution in [-0.2, 0) is 11.2 Å². The third kappa shape index (κ3) is 6.31. The van der Waals surface area contributed by atoms with Gasteiger partial charge in [0.25, 0.3) is 0 Å². The van der Waals surface area contributed by atoms with Crippen molar-refractivity contribution in [2.45, 2.75) is 38.5 Å². The van der Waals surface area contributed by atoms with Gasteiger partial charge >= 0.3 is 0 Å². The third-order valence-corrected chi connectivity index (χ3v) is 4.23. The van der Waals surface area contributed by atoms with Gasteiger partial charge in [-0.1, -0.05) is 6.42 Å². The highest BCUT2D eigenvalue weighted by atomic mass is 19.1. The first kappa shape index (κ1) is 19.1. The maximum absolute atomic E-state index is 13.0. The highest BCUT2D eigenvalue weighted by Gasteiger charge is 2.08. The Labute approximate surface area is 148 Å². The number of nitrogens with one attached hydrogen (secondary N) is 1. The summed E-state index contributed by atoms with van der Waals surface area (Å²) in [7, 11) is 1.85. The number of nitrogens with zero attached hydrogens (tertiary/aromatic N) is 2. The Hall–Kier alpha value is -2.21. The smallest absolute Gasteiger partial charge is 0.222 e. The number of aryl methyl sites for hydroxylation is 1. The molecule has 0 aliphatic heterocycles. The van der Waals surface area contributed by atoms with Crippen molar-refractivity contribution in [3.05, 3.63) is 41.8 Å². The van der Waals surface area contributed by atoms with Crippen LogP contribution >= 0.6 is 0 Å². The predicted octanol–water partition coefficient (Wildman–Crippen LogP) is 3.13. The number of hydrogen-bond donors (Lipinski definition) is 2. The van der Waals surface area contributed by atoms with E-state index in [4.69, 9.17) is 5.73 Å². The number of halogens is 1. The summed E-state index contributed by atoms with van der Waals surface area (Å²) in [6.07, 6.45) is 5.28. The first-order chi connectivity index (χ1) is 12.1. The molecule has 0 fully saturated rings. The lowest BCUT2D eigenvalue weighted by Gasteiger charge is -2.16.